The summed E-state index contributed by atoms with van der Waals surface area (Å²) in [5, 5.41) is 11.7. The van der Waals surface area contributed by atoms with Crippen molar-refractivity contribution < 1.29 is 9.90 Å². The van der Waals surface area contributed by atoms with Gasteiger partial charge in [0.25, 0.3) is 0 Å². The van der Waals surface area contributed by atoms with Crippen molar-refractivity contribution in [2.45, 2.75) is 19.4 Å². The molecule has 11 heavy (non-hydrogen) atoms. The van der Waals surface area contributed by atoms with Crippen molar-refractivity contribution in [3.63, 3.8) is 0 Å². The summed E-state index contributed by atoms with van der Waals surface area (Å²) >= 11 is 0. The molecular weight excluding hydrogens is 166 g/mol. The number of hydrogen-bond acceptors (Lipinski definition) is 2. The van der Waals surface area contributed by atoms with E-state index in [1.54, 1.807) is 0 Å². The number of hydrogen-bond donors (Lipinski definition) is 2. The summed E-state index contributed by atoms with van der Waals surface area (Å²) in [5.41, 5.74) is 0.0891. The molecule has 2 aliphatic rings. The van der Waals surface area contributed by atoms with Gasteiger partial charge in [-0.05, 0) is 24.3 Å². The van der Waals surface area contributed by atoms with Crippen LogP contribution in [0, 0.1) is 11.3 Å². The minimum Gasteiger partial charge on any atom is -0.480 e. The second-order valence-electron chi connectivity index (χ2n) is 3.59. The van der Waals surface area contributed by atoms with Crippen LogP contribution in [-0.4, -0.2) is 23.7 Å². The van der Waals surface area contributed by atoms with Gasteiger partial charge in [-0.2, -0.15) is 0 Å². The second-order valence-corrected chi connectivity index (χ2v) is 3.59. The summed E-state index contributed by atoms with van der Waals surface area (Å²) in [6, 6.07) is -0.280. The van der Waals surface area contributed by atoms with E-state index in [-0.39, 0.29) is 23.9 Å². The zero-order chi connectivity index (χ0) is 7.35. The lowest BCUT2D eigenvalue weighted by molar-refractivity contribution is -0.140. The molecule has 0 amide bonds. The number of piperidine rings is 1. The van der Waals surface area contributed by atoms with Gasteiger partial charge in [0.05, 0.1) is 0 Å². The zero-order valence-corrected chi connectivity index (χ0v) is 7.15. The van der Waals surface area contributed by atoms with Crippen molar-refractivity contribution in [1.82, 2.24) is 5.32 Å². The topological polar surface area (TPSA) is 49.3 Å². The van der Waals surface area contributed by atoms with E-state index in [0.717, 1.165) is 13.0 Å². The molecule has 1 unspecified atom stereocenters. The third-order valence-electron chi connectivity index (χ3n) is 2.93. The molecule has 2 fully saturated rings. The van der Waals surface area contributed by atoms with E-state index in [0.29, 0.717) is 5.92 Å². The number of aliphatic carboxylic acids is 1. The van der Waals surface area contributed by atoms with E-state index in [9.17, 15) is 4.79 Å². The molecule has 0 aromatic heterocycles. The lowest BCUT2D eigenvalue weighted by Crippen LogP contribution is -2.38. The van der Waals surface area contributed by atoms with Gasteiger partial charge < -0.3 is 10.4 Å². The van der Waals surface area contributed by atoms with E-state index in [1.165, 1.54) is 0 Å². The highest BCUT2D eigenvalue weighted by Gasteiger charge is 2.61. The number of carbonyl (C=O) groups is 1. The minimum atomic E-state index is -0.692. The zero-order valence-electron chi connectivity index (χ0n) is 6.33. The fourth-order valence-electron chi connectivity index (χ4n) is 1.99. The summed E-state index contributed by atoms with van der Waals surface area (Å²) in [5.74, 6) is -0.0592. The van der Waals surface area contributed by atoms with Crippen molar-refractivity contribution in [1.29, 1.82) is 0 Å². The average Bonchev–Trinajstić information content (AvgIpc) is 2.35. The van der Waals surface area contributed by atoms with Crippen LogP contribution in [0.1, 0.15) is 13.3 Å². The molecular formula is C7H12ClNO2. The van der Waals surface area contributed by atoms with Crippen molar-refractivity contribution in [2.24, 2.45) is 11.3 Å². The smallest absolute Gasteiger partial charge is 0.321 e. The maximum absolute atomic E-state index is 10.6. The molecule has 2 rings (SSSR count). The largest absolute Gasteiger partial charge is 0.480 e. The van der Waals surface area contributed by atoms with E-state index >= 15 is 0 Å². The molecule has 0 bridgehead atoms. The first kappa shape index (κ1) is 8.81. The molecule has 0 spiro atoms. The summed E-state index contributed by atoms with van der Waals surface area (Å²) in [4.78, 5) is 10.6. The highest BCUT2D eigenvalue weighted by Crippen LogP contribution is 2.57. The maximum atomic E-state index is 10.6. The Morgan fingerprint density at radius 2 is 2.36 bits per heavy atom. The minimum absolute atomic E-state index is 0. The van der Waals surface area contributed by atoms with Crippen LogP contribution < -0.4 is 5.32 Å². The van der Waals surface area contributed by atoms with Crippen LogP contribution in [0.15, 0.2) is 0 Å². The van der Waals surface area contributed by atoms with Gasteiger partial charge in [-0.1, -0.05) is 6.92 Å². The Hall–Kier alpha value is -0.280. The van der Waals surface area contributed by atoms with Crippen LogP contribution in [0.2, 0.25) is 0 Å². The molecule has 2 N–H and O–H groups in total. The number of carboxylic acid groups (broad SMARTS) is 1. The SMILES string of the molecule is C[C@@]12C[C@H]1CNC2C(=O)O.Cl. The predicted molar refractivity (Wildman–Crippen MR) is 42.9 cm³/mol. The summed E-state index contributed by atoms with van der Waals surface area (Å²) in [7, 11) is 0. The van der Waals surface area contributed by atoms with Crippen LogP contribution in [0.4, 0.5) is 0 Å². The highest BCUT2D eigenvalue weighted by atomic mass is 35.5. The molecule has 1 saturated carbocycles. The van der Waals surface area contributed by atoms with Gasteiger partial charge in [-0.15, -0.1) is 12.4 Å². The van der Waals surface area contributed by atoms with E-state index < -0.39 is 5.97 Å². The Bertz CT molecular complexity index is 195. The Labute approximate surface area is 71.6 Å². The average molecular weight is 178 g/mol. The molecule has 0 aromatic carbocycles. The summed E-state index contributed by atoms with van der Waals surface area (Å²) in [6.07, 6.45) is 1.09. The van der Waals surface area contributed by atoms with Gasteiger partial charge in [-0.3, -0.25) is 4.79 Å². The normalized spacial score (nSPS) is 45.9. The maximum Gasteiger partial charge on any atom is 0.321 e. The molecule has 1 aliphatic carbocycles. The molecule has 64 valence electrons. The molecule has 0 aromatic rings. The molecule has 1 aliphatic heterocycles. The first-order valence-electron chi connectivity index (χ1n) is 3.61. The van der Waals surface area contributed by atoms with Gasteiger partial charge in [0, 0.05) is 0 Å². The first-order valence-corrected chi connectivity index (χ1v) is 3.61. The standard InChI is InChI=1S/C7H11NO2.ClH/c1-7-2-4(7)3-8-5(7)6(9)10;/h4-5,8H,2-3H2,1H3,(H,9,10);1H/t4-,5?,7+;/m0./s1. The third kappa shape index (κ3) is 1.03. The van der Waals surface area contributed by atoms with Crippen LogP contribution in [-0.2, 0) is 4.79 Å². The van der Waals surface area contributed by atoms with Crippen molar-refractivity contribution in [2.75, 3.05) is 6.54 Å². The highest BCUT2D eigenvalue weighted by molar-refractivity contribution is 5.85. The number of carboxylic acids is 1. The van der Waals surface area contributed by atoms with Crippen molar-refractivity contribution >= 4 is 18.4 Å². The van der Waals surface area contributed by atoms with E-state index in [4.69, 9.17) is 5.11 Å². The molecule has 1 saturated heterocycles. The Kier molecular flexibility index (Phi) is 1.89. The predicted octanol–water partition coefficient (Wildman–Crippen LogP) is 0.491. The Morgan fingerprint density at radius 3 is 2.55 bits per heavy atom. The molecule has 3 nitrogen and oxygen atoms in total. The molecule has 0 radical (unpaired) electrons. The van der Waals surface area contributed by atoms with Crippen molar-refractivity contribution in [3.05, 3.63) is 0 Å². The third-order valence-corrected chi connectivity index (χ3v) is 2.93. The van der Waals surface area contributed by atoms with E-state index in [2.05, 4.69) is 12.2 Å². The summed E-state index contributed by atoms with van der Waals surface area (Å²) in [6.45, 7) is 2.95. The Morgan fingerprint density at radius 1 is 1.73 bits per heavy atom. The first-order chi connectivity index (χ1) is 4.64. The summed E-state index contributed by atoms with van der Waals surface area (Å²) < 4.78 is 0. The van der Waals surface area contributed by atoms with E-state index in [1.807, 2.05) is 0 Å². The van der Waals surface area contributed by atoms with Crippen molar-refractivity contribution in [3.8, 4) is 0 Å². The second kappa shape index (κ2) is 2.35. The quantitative estimate of drug-likeness (QED) is 0.613. The van der Waals surface area contributed by atoms with Crippen LogP contribution in [0.3, 0.4) is 0 Å². The van der Waals surface area contributed by atoms with Gasteiger partial charge >= 0.3 is 5.97 Å². The lowest BCUT2D eigenvalue weighted by Gasteiger charge is -2.13. The van der Waals surface area contributed by atoms with Gasteiger partial charge in [0.15, 0.2) is 0 Å². The lowest BCUT2D eigenvalue weighted by atomic mass is 10.00. The number of fused-ring (bicyclic) bond motifs is 1. The molecule has 4 heteroatoms. The number of nitrogens with one attached hydrogen (secondary N) is 1. The number of halogens is 1. The van der Waals surface area contributed by atoms with Crippen LogP contribution in [0.25, 0.3) is 0 Å². The number of rotatable bonds is 1. The van der Waals surface area contributed by atoms with Crippen LogP contribution >= 0.6 is 12.4 Å². The fourth-order valence-corrected chi connectivity index (χ4v) is 1.99. The Balaban J connectivity index is 0.000000605. The van der Waals surface area contributed by atoms with Gasteiger partial charge in [0.1, 0.15) is 6.04 Å². The fraction of sp³-hybridized carbons (Fsp3) is 0.857. The van der Waals surface area contributed by atoms with Gasteiger partial charge in [0.2, 0.25) is 0 Å². The molecule has 1 heterocycles. The van der Waals surface area contributed by atoms with Crippen LogP contribution in [0.5, 0.6) is 0 Å². The van der Waals surface area contributed by atoms with Gasteiger partial charge in [-0.25, -0.2) is 0 Å². The molecule has 3 atom stereocenters. The monoisotopic (exact) mass is 177 g/mol.